The van der Waals surface area contributed by atoms with Crippen LogP contribution in [0.1, 0.15) is 335 Å². The van der Waals surface area contributed by atoms with Crippen molar-refractivity contribution < 1.29 is 89.4 Å². The fraction of sp³-hybridized carbons (Fsp3) is 0.811. The Hall–Kier alpha value is -3.29. The first-order valence-corrected chi connectivity index (χ1v) is 44.0. The Morgan fingerprint density at radius 3 is 0.991 bits per heavy atom. The fourth-order valence-electron chi connectivity index (χ4n) is 14.5. The lowest BCUT2D eigenvalue weighted by Gasteiger charge is -2.48. The summed E-state index contributed by atoms with van der Waals surface area (Å²) < 4.78 is 34.6. The van der Waals surface area contributed by atoms with Crippen LogP contribution in [0.25, 0.3) is 0 Å². The smallest absolute Gasteiger partial charge is 0.220 e. The van der Waals surface area contributed by atoms with E-state index in [9.17, 15) is 61.0 Å². The largest absolute Gasteiger partial charge is 0.394 e. The molecule has 3 aliphatic rings. The van der Waals surface area contributed by atoms with Gasteiger partial charge in [-0.3, -0.25) is 4.79 Å². The summed E-state index contributed by atoms with van der Waals surface area (Å²) in [6, 6.07) is -0.901. The molecule has 0 spiro atoms. The third-order valence-electron chi connectivity index (χ3n) is 21.4. The van der Waals surface area contributed by atoms with Gasteiger partial charge in [0.1, 0.15) is 73.2 Å². The van der Waals surface area contributed by atoms with Gasteiger partial charge in [-0.25, -0.2) is 0 Å². The molecule has 19 heteroatoms. The average molecular weight is 1540 g/mol. The van der Waals surface area contributed by atoms with Gasteiger partial charge in [-0.1, -0.05) is 349 Å². The van der Waals surface area contributed by atoms with Gasteiger partial charge in [-0.05, 0) is 77.0 Å². The van der Waals surface area contributed by atoms with Crippen LogP contribution in [0.2, 0.25) is 0 Å². The van der Waals surface area contributed by atoms with Crippen molar-refractivity contribution >= 4 is 5.91 Å². The van der Waals surface area contributed by atoms with Gasteiger partial charge in [-0.2, -0.15) is 0 Å². The number of carbonyl (C=O) groups is 1. The van der Waals surface area contributed by atoms with Crippen LogP contribution in [-0.4, -0.2) is 193 Å². The minimum Gasteiger partial charge on any atom is -0.394 e. The van der Waals surface area contributed by atoms with Gasteiger partial charge < -0.3 is 89.9 Å². The van der Waals surface area contributed by atoms with Crippen LogP contribution in [0, 0.1) is 0 Å². The van der Waals surface area contributed by atoms with Crippen molar-refractivity contribution in [1.82, 2.24) is 5.32 Å². The summed E-state index contributed by atoms with van der Waals surface area (Å²) >= 11 is 0. The van der Waals surface area contributed by atoms with Gasteiger partial charge in [0.2, 0.25) is 5.91 Å². The molecular formula is C90H159NO18. The molecule has 0 aromatic rings. The quantitative estimate of drug-likeness (QED) is 0.0199. The Labute approximate surface area is 660 Å². The molecule has 0 aromatic heterocycles. The molecule has 12 N–H and O–H groups in total. The zero-order valence-electron chi connectivity index (χ0n) is 68.0. The molecule has 0 bridgehead atoms. The van der Waals surface area contributed by atoms with Crippen molar-refractivity contribution in [2.24, 2.45) is 0 Å². The first kappa shape index (κ1) is 99.9. The highest BCUT2D eigenvalue weighted by Gasteiger charge is 2.54. The van der Waals surface area contributed by atoms with Crippen molar-refractivity contribution in [2.45, 2.75) is 439 Å². The van der Waals surface area contributed by atoms with Crippen LogP contribution >= 0.6 is 0 Å². The molecule has 17 atom stereocenters. The van der Waals surface area contributed by atoms with Gasteiger partial charge in [0, 0.05) is 6.42 Å². The van der Waals surface area contributed by atoms with Gasteiger partial charge >= 0.3 is 0 Å². The van der Waals surface area contributed by atoms with Crippen LogP contribution in [0.5, 0.6) is 0 Å². The molecule has 0 aromatic carbocycles. The molecule has 0 saturated carbocycles. The van der Waals surface area contributed by atoms with E-state index in [2.05, 4.69) is 116 Å². The molecule has 3 aliphatic heterocycles. The fourth-order valence-corrected chi connectivity index (χ4v) is 14.5. The average Bonchev–Trinajstić information content (AvgIpc) is 0.782. The highest BCUT2D eigenvalue weighted by Crippen LogP contribution is 2.33. The number of allylic oxidation sites excluding steroid dienone is 16. The van der Waals surface area contributed by atoms with Crippen LogP contribution in [0.4, 0.5) is 0 Å². The monoisotopic (exact) mass is 1540 g/mol. The summed E-state index contributed by atoms with van der Waals surface area (Å²) in [7, 11) is 0. The molecule has 3 rings (SSSR count). The van der Waals surface area contributed by atoms with Crippen molar-refractivity contribution in [2.75, 3.05) is 26.4 Å². The van der Waals surface area contributed by atoms with Gasteiger partial charge in [0.15, 0.2) is 18.9 Å². The van der Waals surface area contributed by atoms with Crippen LogP contribution in [-0.2, 0) is 33.2 Å². The first-order chi connectivity index (χ1) is 53.3. The lowest BCUT2D eigenvalue weighted by atomic mass is 9.96. The van der Waals surface area contributed by atoms with Crippen LogP contribution in [0.3, 0.4) is 0 Å². The number of hydrogen-bond donors (Lipinski definition) is 12. The van der Waals surface area contributed by atoms with Gasteiger partial charge in [0.25, 0.3) is 0 Å². The summed E-state index contributed by atoms with van der Waals surface area (Å²) in [4.78, 5) is 13.5. The maximum atomic E-state index is 13.5. The first-order valence-electron chi connectivity index (χ1n) is 44.0. The highest BCUT2D eigenvalue weighted by atomic mass is 16.8. The predicted octanol–water partition coefficient (Wildman–Crippen LogP) is 16.3. The molecule has 632 valence electrons. The summed E-state index contributed by atoms with van der Waals surface area (Å²) in [6.45, 7) is 1.72. The zero-order valence-corrected chi connectivity index (χ0v) is 68.0. The molecule has 17 unspecified atom stereocenters. The lowest BCUT2D eigenvalue weighted by molar-refractivity contribution is -0.379. The molecule has 3 saturated heterocycles. The highest BCUT2D eigenvalue weighted by molar-refractivity contribution is 5.76. The third kappa shape index (κ3) is 48.0. The van der Waals surface area contributed by atoms with E-state index in [1.807, 2.05) is 0 Å². The Morgan fingerprint density at radius 1 is 0.339 bits per heavy atom. The Bertz CT molecular complexity index is 2340. The number of hydrogen-bond acceptors (Lipinski definition) is 18. The van der Waals surface area contributed by atoms with E-state index in [4.69, 9.17) is 28.4 Å². The minimum absolute atomic E-state index is 0.251. The van der Waals surface area contributed by atoms with E-state index in [0.29, 0.717) is 12.8 Å². The second kappa shape index (κ2) is 69.1. The number of aliphatic hydroxyl groups is 11. The summed E-state index contributed by atoms with van der Waals surface area (Å²) in [5, 5.41) is 121. The minimum atomic E-state index is -1.98. The molecule has 3 fully saturated rings. The Balaban J connectivity index is 1.35. The van der Waals surface area contributed by atoms with E-state index in [0.717, 1.165) is 116 Å². The van der Waals surface area contributed by atoms with Crippen molar-refractivity contribution in [3.8, 4) is 0 Å². The van der Waals surface area contributed by atoms with E-state index >= 15 is 0 Å². The summed E-state index contributed by atoms with van der Waals surface area (Å²) in [5.74, 6) is -0.251. The number of unbranched alkanes of at least 4 members (excludes halogenated alkanes) is 38. The van der Waals surface area contributed by atoms with E-state index in [1.165, 1.54) is 186 Å². The SMILES string of the molecule is CC/C=C\C/C=C\C/C=C\C/C=C\C/C=C\C/C=C\C/C=C\C/C=C\CCCCCCCCCCC(=O)NC(COC1OC(CO)C(OC2OC(CO)C(OC3OC(CO)C(O)C(O)C3O)C(O)C2O)C(O)C1O)C(O)CCCCCCCCCCCCCCCCCCCCCCCCCCCCCCCCC. The molecule has 109 heavy (non-hydrogen) atoms. The number of carbonyl (C=O) groups excluding carboxylic acids is 1. The lowest BCUT2D eigenvalue weighted by Crippen LogP contribution is -2.66. The van der Waals surface area contributed by atoms with Crippen LogP contribution in [0.15, 0.2) is 97.2 Å². The van der Waals surface area contributed by atoms with Crippen molar-refractivity contribution in [1.29, 1.82) is 0 Å². The maximum Gasteiger partial charge on any atom is 0.220 e. The van der Waals surface area contributed by atoms with E-state index < -0.39 is 124 Å². The van der Waals surface area contributed by atoms with Gasteiger partial charge in [-0.15, -0.1) is 0 Å². The second-order valence-electron chi connectivity index (χ2n) is 31.0. The molecule has 0 aliphatic carbocycles. The van der Waals surface area contributed by atoms with Gasteiger partial charge in [0.05, 0.1) is 38.6 Å². The van der Waals surface area contributed by atoms with Crippen molar-refractivity contribution in [3.05, 3.63) is 97.2 Å². The molecule has 0 radical (unpaired) electrons. The van der Waals surface area contributed by atoms with E-state index in [-0.39, 0.29) is 18.9 Å². The summed E-state index contributed by atoms with van der Waals surface area (Å²) in [5.41, 5.74) is 0. The molecule has 3 heterocycles. The number of ether oxygens (including phenoxy) is 6. The standard InChI is InChI=1S/C90H159NO18/c1-3-5-7-9-11-13-15-17-19-21-23-25-27-29-31-33-35-36-38-40-42-44-46-48-50-52-54-56-58-60-62-64-66-68-78(96)91-73(74(95)67-65-63-61-59-57-55-53-51-49-47-45-43-41-39-37-34-32-30-28-26-24-22-20-18-16-14-12-10-8-6-4-2)72-104-88-84(102)81(99)86(76(70-93)106-88)109-90-85(103)82(100)87(77(71-94)107-90)108-89-83(101)80(98)79(97)75(69-92)105-89/h5,7,11,13,17,19,23,25,29,31,35-36,40,42,46,48,73-77,79-90,92-95,97-103H,3-4,6,8-10,12,14-16,18,20-22,24,26-28,30,32-34,37-39,41,43-45,47,49-72H2,1-2H3,(H,91,96)/b7-5-,13-11-,19-17-,25-23-,31-29-,36-35-,42-40-,48-46-. The number of amides is 1. The summed E-state index contributed by atoms with van der Waals surface area (Å²) in [6.07, 6.45) is 67.8. The predicted molar refractivity (Wildman–Crippen MR) is 438 cm³/mol. The molecular weight excluding hydrogens is 1380 g/mol. The second-order valence-corrected chi connectivity index (χ2v) is 31.0. The molecule has 1 amide bonds. The normalized spacial score (nSPS) is 25.8. The third-order valence-corrected chi connectivity index (χ3v) is 21.4. The zero-order chi connectivity index (χ0) is 78.8. The van der Waals surface area contributed by atoms with E-state index in [1.54, 1.807) is 0 Å². The Morgan fingerprint density at radius 2 is 0.633 bits per heavy atom. The molecule has 19 nitrogen and oxygen atoms in total. The van der Waals surface area contributed by atoms with Crippen molar-refractivity contribution in [3.63, 3.8) is 0 Å². The number of nitrogens with one attached hydrogen (secondary N) is 1. The topological polar surface area (TPSA) is 307 Å². The maximum absolute atomic E-state index is 13.5. The van der Waals surface area contributed by atoms with Crippen LogP contribution < -0.4 is 5.32 Å². The number of rotatable bonds is 70. The Kier molecular flexibility index (Phi) is 63.3. The number of aliphatic hydroxyl groups excluding tert-OH is 11.